The van der Waals surface area contributed by atoms with Crippen LogP contribution in [-0.2, 0) is 11.3 Å². The number of methoxy groups -OCH3 is 1. The number of hydrogen-bond acceptors (Lipinski definition) is 5. The average molecular weight is 266 g/mol. The number of nitrogens with zero attached hydrogens (tertiary/aromatic N) is 1. The molecule has 1 amide bonds. The van der Waals surface area contributed by atoms with Crippen molar-refractivity contribution < 1.29 is 19.1 Å². The van der Waals surface area contributed by atoms with Gasteiger partial charge in [-0.05, 0) is 20.8 Å². The van der Waals surface area contributed by atoms with Gasteiger partial charge in [0, 0.05) is 12.1 Å². The summed E-state index contributed by atoms with van der Waals surface area (Å²) in [7, 11) is 1.50. The van der Waals surface area contributed by atoms with E-state index in [1.807, 2.05) is 0 Å². The third-order valence-electron chi connectivity index (χ3n) is 2.04. The Morgan fingerprint density at radius 3 is 2.63 bits per heavy atom. The molecule has 0 bridgehead atoms. The number of aromatic nitrogens is 1. The second-order valence-corrected chi connectivity index (χ2v) is 4.90. The van der Waals surface area contributed by atoms with Gasteiger partial charge in [0.05, 0.1) is 19.3 Å². The van der Waals surface area contributed by atoms with Crippen LogP contribution in [0.2, 0.25) is 0 Å². The number of hydrogen-bond donors (Lipinski definition) is 1. The smallest absolute Gasteiger partial charge is 0.407 e. The Morgan fingerprint density at radius 2 is 2.11 bits per heavy atom. The first kappa shape index (κ1) is 14.9. The molecule has 1 aromatic rings. The van der Waals surface area contributed by atoms with Gasteiger partial charge in [0.2, 0.25) is 0 Å². The highest BCUT2D eigenvalue weighted by atomic mass is 16.6. The van der Waals surface area contributed by atoms with Gasteiger partial charge >= 0.3 is 6.09 Å². The molecule has 0 unspecified atom stereocenters. The number of ether oxygens (including phenoxy) is 2. The van der Waals surface area contributed by atoms with Crippen LogP contribution in [0.1, 0.15) is 37.0 Å². The van der Waals surface area contributed by atoms with Crippen LogP contribution in [0.15, 0.2) is 12.1 Å². The van der Waals surface area contributed by atoms with Crippen molar-refractivity contribution in [2.45, 2.75) is 32.9 Å². The van der Waals surface area contributed by atoms with Crippen molar-refractivity contribution in [1.82, 2.24) is 10.3 Å². The molecule has 6 nitrogen and oxygen atoms in total. The molecule has 1 aromatic heterocycles. The molecule has 0 radical (unpaired) electrons. The standard InChI is InChI=1S/C13H18N2O4/c1-13(2,3)19-12(17)14-7-9-5-11(18-4)6-10(8-16)15-9/h5-6,8H,7H2,1-4H3,(H,14,17). The summed E-state index contributed by atoms with van der Waals surface area (Å²) < 4.78 is 10.1. The lowest BCUT2D eigenvalue weighted by atomic mass is 10.2. The van der Waals surface area contributed by atoms with E-state index in [1.54, 1.807) is 26.8 Å². The van der Waals surface area contributed by atoms with Crippen molar-refractivity contribution >= 4 is 12.4 Å². The maximum absolute atomic E-state index is 11.5. The number of nitrogens with one attached hydrogen (secondary N) is 1. The van der Waals surface area contributed by atoms with Crippen molar-refractivity contribution in [2.24, 2.45) is 0 Å². The quantitative estimate of drug-likeness (QED) is 0.842. The highest BCUT2D eigenvalue weighted by Crippen LogP contribution is 2.13. The number of pyridine rings is 1. The molecule has 1 heterocycles. The van der Waals surface area contributed by atoms with Gasteiger partial charge in [0.15, 0.2) is 6.29 Å². The second kappa shape index (κ2) is 6.17. The zero-order chi connectivity index (χ0) is 14.5. The summed E-state index contributed by atoms with van der Waals surface area (Å²) in [6.45, 7) is 5.50. The Hall–Kier alpha value is -2.11. The summed E-state index contributed by atoms with van der Waals surface area (Å²) in [5.74, 6) is 0.512. The minimum Gasteiger partial charge on any atom is -0.497 e. The first-order valence-electron chi connectivity index (χ1n) is 5.81. The third kappa shape index (κ3) is 5.37. The minimum absolute atomic E-state index is 0.160. The van der Waals surface area contributed by atoms with Gasteiger partial charge in [-0.3, -0.25) is 4.79 Å². The van der Waals surface area contributed by atoms with Gasteiger partial charge in [-0.1, -0.05) is 0 Å². The van der Waals surface area contributed by atoms with Crippen LogP contribution >= 0.6 is 0 Å². The normalized spacial score (nSPS) is 10.7. The zero-order valence-electron chi connectivity index (χ0n) is 11.5. The number of amides is 1. The molecule has 0 saturated heterocycles. The van der Waals surface area contributed by atoms with Gasteiger partial charge in [0.25, 0.3) is 0 Å². The Balaban J connectivity index is 2.67. The van der Waals surface area contributed by atoms with E-state index in [0.29, 0.717) is 17.7 Å². The van der Waals surface area contributed by atoms with Crippen LogP contribution in [0.3, 0.4) is 0 Å². The first-order chi connectivity index (χ1) is 8.84. The topological polar surface area (TPSA) is 77.5 Å². The maximum Gasteiger partial charge on any atom is 0.407 e. The Labute approximate surface area is 112 Å². The van der Waals surface area contributed by atoms with E-state index >= 15 is 0 Å². The average Bonchev–Trinajstić information content (AvgIpc) is 2.33. The molecule has 0 aliphatic carbocycles. The molecular formula is C13H18N2O4. The maximum atomic E-state index is 11.5. The number of carbonyl (C=O) groups excluding carboxylic acids is 2. The molecule has 1 N–H and O–H groups in total. The molecule has 19 heavy (non-hydrogen) atoms. The van der Waals surface area contributed by atoms with Crippen LogP contribution < -0.4 is 10.1 Å². The summed E-state index contributed by atoms with van der Waals surface area (Å²) in [5.41, 5.74) is 0.215. The Morgan fingerprint density at radius 1 is 1.42 bits per heavy atom. The largest absolute Gasteiger partial charge is 0.497 e. The van der Waals surface area contributed by atoms with E-state index in [4.69, 9.17) is 9.47 Å². The molecular weight excluding hydrogens is 248 g/mol. The molecule has 0 aliphatic heterocycles. The molecule has 6 heteroatoms. The molecule has 1 rings (SSSR count). The lowest BCUT2D eigenvalue weighted by Crippen LogP contribution is -2.32. The lowest BCUT2D eigenvalue weighted by Gasteiger charge is -2.19. The fourth-order valence-corrected chi connectivity index (χ4v) is 1.33. The molecule has 0 fully saturated rings. The summed E-state index contributed by atoms with van der Waals surface area (Å²) in [4.78, 5) is 26.3. The SMILES string of the molecule is COc1cc(C=O)nc(CNC(=O)OC(C)(C)C)c1. The number of carbonyl (C=O) groups is 2. The van der Waals surface area contributed by atoms with Gasteiger partial charge in [-0.15, -0.1) is 0 Å². The van der Waals surface area contributed by atoms with Crippen LogP contribution in [0.5, 0.6) is 5.75 Å². The van der Waals surface area contributed by atoms with Crippen LogP contribution in [-0.4, -0.2) is 30.1 Å². The fraction of sp³-hybridized carbons (Fsp3) is 0.462. The molecule has 0 aliphatic rings. The highest BCUT2D eigenvalue weighted by Gasteiger charge is 2.16. The summed E-state index contributed by atoms with van der Waals surface area (Å²) >= 11 is 0. The lowest BCUT2D eigenvalue weighted by molar-refractivity contribution is 0.0523. The van der Waals surface area contributed by atoms with Gasteiger partial charge in [-0.2, -0.15) is 0 Å². The zero-order valence-corrected chi connectivity index (χ0v) is 11.5. The first-order valence-corrected chi connectivity index (χ1v) is 5.81. The number of aldehydes is 1. The van der Waals surface area contributed by atoms with Crippen LogP contribution in [0.4, 0.5) is 4.79 Å². The van der Waals surface area contributed by atoms with E-state index in [2.05, 4.69) is 10.3 Å². The van der Waals surface area contributed by atoms with Crippen molar-refractivity contribution in [3.63, 3.8) is 0 Å². The van der Waals surface area contributed by atoms with E-state index in [-0.39, 0.29) is 12.2 Å². The summed E-state index contributed by atoms with van der Waals surface area (Å²) in [6.07, 6.45) is 0.0873. The van der Waals surface area contributed by atoms with Crippen molar-refractivity contribution in [1.29, 1.82) is 0 Å². The van der Waals surface area contributed by atoms with Gasteiger partial charge in [0.1, 0.15) is 17.0 Å². The number of rotatable bonds is 4. The van der Waals surface area contributed by atoms with E-state index in [0.717, 1.165) is 0 Å². The number of alkyl carbamates (subject to hydrolysis) is 1. The Bertz CT molecular complexity index is 466. The van der Waals surface area contributed by atoms with Gasteiger partial charge < -0.3 is 14.8 Å². The van der Waals surface area contributed by atoms with Crippen molar-refractivity contribution in [3.8, 4) is 5.75 Å². The Kier molecular flexibility index (Phi) is 4.86. The van der Waals surface area contributed by atoms with E-state index in [9.17, 15) is 9.59 Å². The molecule has 0 spiro atoms. The fourth-order valence-electron chi connectivity index (χ4n) is 1.33. The predicted octanol–water partition coefficient (Wildman–Crippen LogP) is 1.93. The molecule has 104 valence electrons. The predicted molar refractivity (Wildman–Crippen MR) is 69.3 cm³/mol. The van der Waals surface area contributed by atoms with Crippen molar-refractivity contribution in [3.05, 3.63) is 23.5 Å². The molecule has 0 saturated carbocycles. The minimum atomic E-state index is -0.556. The van der Waals surface area contributed by atoms with Crippen LogP contribution in [0, 0.1) is 0 Å². The second-order valence-electron chi connectivity index (χ2n) is 4.90. The summed E-state index contributed by atoms with van der Waals surface area (Å²) in [6, 6.07) is 3.16. The molecule has 0 aromatic carbocycles. The monoisotopic (exact) mass is 266 g/mol. The van der Waals surface area contributed by atoms with Gasteiger partial charge in [-0.25, -0.2) is 9.78 Å². The molecule has 0 atom stereocenters. The van der Waals surface area contributed by atoms with E-state index < -0.39 is 11.7 Å². The third-order valence-corrected chi connectivity index (χ3v) is 2.04. The highest BCUT2D eigenvalue weighted by molar-refractivity contribution is 5.72. The summed E-state index contributed by atoms with van der Waals surface area (Å²) in [5, 5.41) is 2.56. The van der Waals surface area contributed by atoms with Crippen molar-refractivity contribution in [2.75, 3.05) is 7.11 Å². The van der Waals surface area contributed by atoms with Crippen LogP contribution in [0.25, 0.3) is 0 Å². The van der Waals surface area contributed by atoms with E-state index in [1.165, 1.54) is 13.2 Å².